The van der Waals surface area contributed by atoms with Gasteiger partial charge in [-0.25, -0.2) is 0 Å². The normalized spacial score (nSPS) is 11.3. The van der Waals surface area contributed by atoms with Gasteiger partial charge in [-0.1, -0.05) is 12.1 Å². The Morgan fingerprint density at radius 3 is 2.32 bits per heavy atom. The average molecular weight is 312 g/mol. The van der Waals surface area contributed by atoms with Gasteiger partial charge in [0.15, 0.2) is 5.43 Å². The van der Waals surface area contributed by atoms with Gasteiger partial charge in [0, 0.05) is 28.4 Å². The van der Waals surface area contributed by atoms with E-state index >= 15 is 0 Å². The number of rotatable bonds is 2. The molecule has 0 aliphatic carbocycles. The lowest BCUT2D eigenvalue weighted by Crippen LogP contribution is -2.15. The lowest BCUT2D eigenvalue weighted by atomic mass is 10.1. The van der Waals surface area contributed by atoms with Gasteiger partial charge in [0.2, 0.25) is 0 Å². The van der Waals surface area contributed by atoms with E-state index in [9.17, 15) is 4.79 Å². The van der Waals surface area contributed by atoms with Crippen molar-refractivity contribution in [2.75, 3.05) is 5.73 Å². The van der Waals surface area contributed by atoms with Gasteiger partial charge in [-0.2, -0.15) is 0 Å². The van der Waals surface area contributed by atoms with Crippen LogP contribution in [0, 0.1) is 20.8 Å². The molecule has 2 heterocycles. The fourth-order valence-corrected chi connectivity index (χ4v) is 4.38. The molecule has 3 rings (SSSR count). The number of hydrogen-bond donors (Lipinski definition) is 1. The maximum absolute atomic E-state index is 12.7. The minimum atomic E-state index is 0.160. The minimum Gasteiger partial charge on any atom is -0.399 e. The second kappa shape index (κ2) is 5.29. The van der Waals surface area contributed by atoms with Crippen LogP contribution in [0.25, 0.3) is 20.7 Å². The molecule has 0 aliphatic heterocycles. The van der Waals surface area contributed by atoms with Crippen molar-refractivity contribution in [3.63, 3.8) is 0 Å². The van der Waals surface area contributed by atoms with Crippen molar-refractivity contribution < 1.29 is 0 Å². The third-order valence-corrected chi connectivity index (χ3v) is 5.74. The molecule has 2 aromatic heterocycles. The van der Waals surface area contributed by atoms with Crippen LogP contribution in [-0.2, 0) is 6.54 Å². The van der Waals surface area contributed by atoms with Crippen molar-refractivity contribution in [3.05, 3.63) is 51.3 Å². The topological polar surface area (TPSA) is 48.0 Å². The molecule has 4 heteroatoms. The molecule has 1 aromatic carbocycles. The van der Waals surface area contributed by atoms with Crippen LogP contribution in [0.5, 0.6) is 0 Å². The van der Waals surface area contributed by atoms with Crippen molar-refractivity contribution in [1.82, 2.24) is 4.57 Å². The van der Waals surface area contributed by atoms with E-state index in [1.54, 1.807) is 11.3 Å². The SMILES string of the molecule is CCn1c(C)c(C)c(=O)c2c(C)c(-c3ccc(N)cc3)sc21. The van der Waals surface area contributed by atoms with Crippen molar-refractivity contribution in [2.45, 2.75) is 34.2 Å². The van der Waals surface area contributed by atoms with Crippen LogP contribution < -0.4 is 11.2 Å². The van der Waals surface area contributed by atoms with Crippen LogP contribution in [-0.4, -0.2) is 4.57 Å². The molecule has 0 radical (unpaired) electrons. The molecule has 0 unspecified atom stereocenters. The van der Waals surface area contributed by atoms with Crippen LogP contribution in [0.15, 0.2) is 29.1 Å². The Kier molecular flexibility index (Phi) is 3.57. The Bertz CT molecular complexity index is 917. The largest absolute Gasteiger partial charge is 0.399 e. The molecule has 22 heavy (non-hydrogen) atoms. The van der Waals surface area contributed by atoms with Crippen LogP contribution >= 0.6 is 11.3 Å². The number of nitrogens with two attached hydrogens (primary N) is 1. The lowest BCUT2D eigenvalue weighted by Gasteiger charge is -2.12. The maximum Gasteiger partial charge on any atom is 0.193 e. The zero-order chi connectivity index (χ0) is 16.0. The highest BCUT2D eigenvalue weighted by Gasteiger charge is 2.18. The van der Waals surface area contributed by atoms with Crippen molar-refractivity contribution in [2.24, 2.45) is 0 Å². The summed E-state index contributed by atoms with van der Waals surface area (Å²) in [4.78, 5) is 14.9. The molecular formula is C18H20N2OS. The molecular weight excluding hydrogens is 292 g/mol. The quantitative estimate of drug-likeness (QED) is 0.719. The fourth-order valence-electron chi connectivity index (χ4n) is 2.95. The predicted molar refractivity (Wildman–Crippen MR) is 95.8 cm³/mol. The summed E-state index contributed by atoms with van der Waals surface area (Å²) in [6, 6.07) is 7.85. The van der Waals surface area contributed by atoms with Crippen LogP contribution in [0.1, 0.15) is 23.7 Å². The highest BCUT2D eigenvalue weighted by atomic mass is 32.1. The van der Waals surface area contributed by atoms with Gasteiger partial charge < -0.3 is 10.3 Å². The van der Waals surface area contributed by atoms with E-state index in [0.29, 0.717) is 0 Å². The third kappa shape index (κ3) is 2.06. The first-order chi connectivity index (χ1) is 10.5. The molecule has 0 aliphatic rings. The zero-order valence-electron chi connectivity index (χ0n) is 13.4. The van der Waals surface area contributed by atoms with Gasteiger partial charge in [-0.15, -0.1) is 11.3 Å². The Balaban J connectivity index is 2.41. The van der Waals surface area contributed by atoms with Crippen molar-refractivity contribution >= 4 is 27.2 Å². The Hall–Kier alpha value is -2.07. The predicted octanol–water partition coefficient (Wildman–Crippen LogP) is 4.26. The summed E-state index contributed by atoms with van der Waals surface area (Å²) in [6.45, 7) is 8.97. The first-order valence-electron chi connectivity index (χ1n) is 7.44. The highest BCUT2D eigenvalue weighted by Crippen LogP contribution is 2.37. The number of thiophene rings is 1. The molecule has 0 bridgehead atoms. The van der Waals surface area contributed by atoms with Gasteiger partial charge in [-0.3, -0.25) is 4.79 Å². The Morgan fingerprint density at radius 1 is 1.09 bits per heavy atom. The molecule has 0 fully saturated rings. The number of hydrogen-bond acceptors (Lipinski definition) is 3. The lowest BCUT2D eigenvalue weighted by molar-refractivity contribution is 0.757. The van der Waals surface area contributed by atoms with Crippen LogP contribution in [0.3, 0.4) is 0 Å². The van der Waals surface area contributed by atoms with E-state index in [4.69, 9.17) is 5.73 Å². The van der Waals surface area contributed by atoms with Gasteiger partial charge in [0.1, 0.15) is 4.83 Å². The number of aromatic nitrogens is 1. The van der Waals surface area contributed by atoms with Crippen LogP contribution in [0.4, 0.5) is 5.69 Å². The van der Waals surface area contributed by atoms with E-state index in [2.05, 4.69) is 11.5 Å². The highest BCUT2D eigenvalue weighted by molar-refractivity contribution is 7.22. The van der Waals surface area contributed by atoms with Crippen molar-refractivity contribution in [1.29, 1.82) is 0 Å². The molecule has 2 N–H and O–H groups in total. The number of fused-ring (bicyclic) bond motifs is 1. The monoisotopic (exact) mass is 312 g/mol. The summed E-state index contributed by atoms with van der Waals surface area (Å²) in [7, 11) is 0. The van der Waals surface area contributed by atoms with Gasteiger partial charge in [0.05, 0.1) is 5.39 Å². The molecule has 0 atom stereocenters. The smallest absolute Gasteiger partial charge is 0.193 e. The van der Waals surface area contributed by atoms with E-state index in [1.807, 2.05) is 45.0 Å². The zero-order valence-corrected chi connectivity index (χ0v) is 14.2. The van der Waals surface area contributed by atoms with Gasteiger partial charge in [0.25, 0.3) is 0 Å². The van der Waals surface area contributed by atoms with E-state index in [0.717, 1.165) is 49.7 Å². The summed E-state index contributed by atoms with van der Waals surface area (Å²) in [5.41, 5.74) is 10.8. The first-order valence-corrected chi connectivity index (χ1v) is 8.26. The second-order valence-electron chi connectivity index (χ2n) is 5.64. The van der Waals surface area contributed by atoms with Crippen LogP contribution in [0.2, 0.25) is 0 Å². The average Bonchev–Trinajstić information content (AvgIpc) is 2.84. The standard InChI is InChI=1S/C18H20N2OS/c1-5-20-12(4)10(2)16(21)15-11(3)17(22-18(15)20)13-6-8-14(19)9-7-13/h6-9H,5,19H2,1-4H3. The second-order valence-corrected chi connectivity index (χ2v) is 6.64. The summed E-state index contributed by atoms with van der Waals surface area (Å²) >= 11 is 1.69. The molecule has 0 saturated heterocycles. The maximum atomic E-state index is 12.7. The summed E-state index contributed by atoms with van der Waals surface area (Å²) in [6.07, 6.45) is 0. The van der Waals surface area contributed by atoms with E-state index in [-0.39, 0.29) is 5.43 Å². The number of nitrogens with zero attached hydrogens (tertiary/aromatic N) is 1. The molecule has 3 aromatic rings. The Morgan fingerprint density at radius 2 is 1.73 bits per heavy atom. The number of pyridine rings is 1. The fraction of sp³-hybridized carbons (Fsp3) is 0.278. The van der Waals surface area contributed by atoms with E-state index < -0.39 is 0 Å². The number of benzene rings is 1. The van der Waals surface area contributed by atoms with Gasteiger partial charge >= 0.3 is 0 Å². The summed E-state index contributed by atoms with van der Waals surface area (Å²) in [5.74, 6) is 0. The molecule has 0 spiro atoms. The Labute approximate surface area is 134 Å². The molecule has 0 saturated carbocycles. The van der Waals surface area contributed by atoms with Gasteiger partial charge in [-0.05, 0) is 51.0 Å². The summed E-state index contributed by atoms with van der Waals surface area (Å²) < 4.78 is 2.24. The first kappa shape index (κ1) is 14.9. The number of aryl methyl sites for hydroxylation is 2. The summed E-state index contributed by atoms with van der Waals surface area (Å²) in [5, 5.41) is 0.863. The van der Waals surface area contributed by atoms with E-state index in [1.165, 1.54) is 0 Å². The molecule has 3 nitrogen and oxygen atoms in total. The molecule has 114 valence electrons. The number of nitrogen functional groups attached to an aromatic ring is 1. The minimum absolute atomic E-state index is 0.160. The number of anilines is 1. The third-order valence-electron chi connectivity index (χ3n) is 4.38. The molecule has 0 amide bonds. The van der Waals surface area contributed by atoms with Crippen molar-refractivity contribution in [3.8, 4) is 10.4 Å².